The van der Waals surface area contributed by atoms with Crippen LogP contribution >= 0.6 is 0 Å². The second-order valence-electron chi connectivity index (χ2n) is 8.61. The van der Waals surface area contributed by atoms with Crippen molar-refractivity contribution in [1.82, 2.24) is 4.57 Å². The van der Waals surface area contributed by atoms with E-state index in [2.05, 4.69) is 60.9 Å². The molecule has 1 aliphatic rings. The number of carboxylic acid groups (broad SMARTS) is 1. The van der Waals surface area contributed by atoms with E-state index in [9.17, 15) is 4.79 Å². The lowest BCUT2D eigenvalue weighted by Crippen LogP contribution is -2.23. The van der Waals surface area contributed by atoms with Crippen molar-refractivity contribution in [3.63, 3.8) is 0 Å². The highest BCUT2D eigenvalue weighted by atomic mass is 16.4. The molecular weight excluding hydrogens is 346 g/mol. The van der Waals surface area contributed by atoms with Crippen molar-refractivity contribution in [2.24, 2.45) is 5.41 Å². The molecular formula is C25H27NO2. The third-order valence-electron chi connectivity index (χ3n) is 5.78. The zero-order valence-corrected chi connectivity index (χ0v) is 16.6. The Bertz CT molecular complexity index is 999. The molecule has 0 aliphatic heterocycles. The highest BCUT2D eigenvalue weighted by Gasteiger charge is 2.30. The molecule has 1 aromatic heterocycles. The molecule has 28 heavy (non-hydrogen) atoms. The topological polar surface area (TPSA) is 42.2 Å². The van der Waals surface area contributed by atoms with Crippen LogP contribution in [0.5, 0.6) is 0 Å². The summed E-state index contributed by atoms with van der Waals surface area (Å²) in [6.07, 6.45) is 4.07. The maximum absolute atomic E-state index is 11.0. The Hall–Kier alpha value is -2.81. The van der Waals surface area contributed by atoms with E-state index in [1.165, 1.54) is 28.9 Å². The molecule has 3 aromatic rings. The van der Waals surface area contributed by atoms with Gasteiger partial charge in [0.05, 0.1) is 5.69 Å². The quantitative estimate of drug-likeness (QED) is 0.625. The lowest BCUT2D eigenvalue weighted by atomic mass is 9.77. The number of carbonyl (C=O) groups is 1. The number of aliphatic carboxylic acids is 1. The molecule has 1 heterocycles. The number of hydrogen-bond acceptors (Lipinski definition) is 1. The van der Waals surface area contributed by atoms with Gasteiger partial charge < -0.3 is 9.67 Å². The number of benzene rings is 2. The Morgan fingerprint density at radius 1 is 1.07 bits per heavy atom. The van der Waals surface area contributed by atoms with Crippen molar-refractivity contribution in [3.8, 4) is 16.9 Å². The van der Waals surface area contributed by atoms with Gasteiger partial charge in [-0.2, -0.15) is 0 Å². The van der Waals surface area contributed by atoms with Crippen molar-refractivity contribution in [2.75, 3.05) is 0 Å². The fourth-order valence-corrected chi connectivity index (χ4v) is 4.24. The van der Waals surface area contributed by atoms with Gasteiger partial charge >= 0.3 is 5.97 Å². The minimum Gasteiger partial charge on any atom is -0.481 e. The van der Waals surface area contributed by atoms with Crippen molar-refractivity contribution in [2.45, 2.75) is 46.0 Å². The van der Waals surface area contributed by atoms with Gasteiger partial charge in [0.25, 0.3) is 0 Å². The van der Waals surface area contributed by atoms with Crippen LogP contribution in [0.2, 0.25) is 0 Å². The molecule has 1 N–H and O–H groups in total. The lowest BCUT2D eigenvalue weighted by molar-refractivity contribution is -0.136. The smallest absolute Gasteiger partial charge is 0.303 e. The summed E-state index contributed by atoms with van der Waals surface area (Å²) in [5.74, 6) is -0.754. The first kappa shape index (κ1) is 18.5. The van der Waals surface area contributed by atoms with E-state index in [-0.39, 0.29) is 11.8 Å². The molecule has 0 spiro atoms. The van der Waals surface area contributed by atoms with Crippen molar-refractivity contribution >= 4 is 5.97 Å². The summed E-state index contributed by atoms with van der Waals surface area (Å²) < 4.78 is 2.40. The number of rotatable bonds is 5. The Morgan fingerprint density at radius 2 is 1.86 bits per heavy atom. The first-order valence-corrected chi connectivity index (χ1v) is 10.0. The Morgan fingerprint density at radius 3 is 2.61 bits per heavy atom. The van der Waals surface area contributed by atoms with Gasteiger partial charge in [-0.3, -0.25) is 4.79 Å². The number of nitrogens with zero attached hydrogens (tertiary/aromatic N) is 1. The van der Waals surface area contributed by atoms with E-state index in [1.54, 1.807) is 0 Å². The predicted octanol–water partition coefficient (Wildman–Crippen LogP) is 5.68. The maximum atomic E-state index is 11.0. The maximum Gasteiger partial charge on any atom is 0.303 e. The van der Waals surface area contributed by atoms with E-state index in [1.807, 2.05) is 18.2 Å². The van der Waals surface area contributed by atoms with Crippen molar-refractivity contribution in [1.29, 1.82) is 0 Å². The lowest BCUT2D eigenvalue weighted by Gasteiger charge is -2.31. The van der Waals surface area contributed by atoms with Crippen LogP contribution < -0.4 is 0 Å². The van der Waals surface area contributed by atoms with Crippen LogP contribution in [0.25, 0.3) is 16.9 Å². The van der Waals surface area contributed by atoms with E-state index in [4.69, 9.17) is 5.11 Å². The minimum absolute atomic E-state index is 0.159. The molecule has 1 aliphatic carbocycles. The van der Waals surface area contributed by atoms with Gasteiger partial charge in [-0.25, -0.2) is 0 Å². The zero-order chi connectivity index (χ0) is 19.7. The molecule has 4 rings (SSSR count). The van der Waals surface area contributed by atoms with Crippen LogP contribution in [-0.2, 0) is 24.1 Å². The largest absolute Gasteiger partial charge is 0.481 e. The van der Waals surface area contributed by atoms with Gasteiger partial charge in [0.1, 0.15) is 0 Å². The molecule has 144 valence electrons. The monoisotopic (exact) mass is 373 g/mol. The number of carboxylic acids is 1. The average Bonchev–Trinajstić information content (AvgIpc) is 3.04. The van der Waals surface area contributed by atoms with E-state index in [0.29, 0.717) is 6.42 Å². The molecule has 0 saturated carbocycles. The van der Waals surface area contributed by atoms with E-state index < -0.39 is 5.97 Å². The van der Waals surface area contributed by atoms with Gasteiger partial charge in [0.15, 0.2) is 0 Å². The van der Waals surface area contributed by atoms with Gasteiger partial charge in [0, 0.05) is 17.8 Å². The van der Waals surface area contributed by atoms with Crippen molar-refractivity contribution < 1.29 is 9.90 Å². The first-order chi connectivity index (χ1) is 13.4. The molecule has 0 saturated heterocycles. The zero-order valence-electron chi connectivity index (χ0n) is 16.6. The van der Waals surface area contributed by atoms with Gasteiger partial charge in [-0.05, 0) is 66.0 Å². The van der Waals surface area contributed by atoms with Gasteiger partial charge in [-0.1, -0.05) is 56.3 Å². The Kier molecular flexibility index (Phi) is 4.84. The van der Waals surface area contributed by atoms with E-state index >= 15 is 0 Å². The summed E-state index contributed by atoms with van der Waals surface area (Å²) in [5.41, 5.74) is 7.75. The summed E-state index contributed by atoms with van der Waals surface area (Å²) in [6, 6.07) is 21.2. The normalized spacial score (nSPS) is 15.2. The summed E-state index contributed by atoms with van der Waals surface area (Å²) in [7, 11) is 0. The van der Waals surface area contributed by atoms with Crippen LogP contribution in [0.4, 0.5) is 0 Å². The fraction of sp³-hybridized carbons (Fsp3) is 0.320. The predicted molar refractivity (Wildman–Crippen MR) is 113 cm³/mol. The van der Waals surface area contributed by atoms with Gasteiger partial charge in [0.2, 0.25) is 0 Å². The molecule has 0 amide bonds. The standard InChI is InChI=1S/C25H27NO2/c1-25(2)14-13-20-16-22(19-8-4-3-5-9-19)26(23(20)17-25)21-10-6-7-18(15-21)11-12-24(27)28/h3-10,15-16H,11-14,17H2,1-2H3,(H,27,28). The van der Waals surface area contributed by atoms with Crippen LogP contribution in [0, 0.1) is 5.41 Å². The van der Waals surface area contributed by atoms with Gasteiger partial charge in [-0.15, -0.1) is 0 Å². The number of aryl methyl sites for hydroxylation is 2. The SMILES string of the molecule is CC1(C)CCc2cc(-c3ccccc3)n(-c3cccc(CCC(=O)O)c3)c2C1. The number of aromatic nitrogens is 1. The summed E-state index contributed by atoms with van der Waals surface area (Å²) in [5, 5.41) is 9.03. The Labute approximate surface area is 166 Å². The van der Waals surface area contributed by atoms with Crippen molar-refractivity contribution in [3.05, 3.63) is 77.5 Å². The van der Waals surface area contributed by atoms with Crippen LogP contribution in [0.3, 0.4) is 0 Å². The first-order valence-electron chi connectivity index (χ1n) is 10.0. The van der Waals surface area contributed by atoms with E-state index in [0.717, 1.165) is 24.1 Å². The molecule has 0 atom stereocenters. The summed E-state index contributed by atoms with van der Waals surface area (Å²) in [4.78, 5) is 11.0. The highest BCUT2D eigenvalue weighted by molar-refractivity contribution is 5.68. The highest BCUT2D eigenvalue weighted by Crippen LogP contribution is 2.40. The minimum atomic E-state index is -0.754. The molecule has 0 radical (unpaired) electrons. The summed E-state index contributed by atoms with van der Waals surface area (Å²) >= 11 is 0. The van der Waals surface area contributed by atoms with Crippen LogP contribution in [-0.4, -0.2) is 15.6 Å². The second-order valence-corrected chi connectivity index (χ2v) is 8.61. The number of fused-ring (bicyclic) bond motifs is 1. The third kappa shape index (κ3) is 3.75. The summed E-state index contributed by atoms with van der Waals surface area (Å²) in [6.45, 7) is 4.69. The second kappa shape index (κ2) is 7.31. The van der Waals surface area contributed by atoms with Crippen LogP contribution in [0.15, 0.2) is 60.7 Å². The molecule has 0 fully saturated rings. The molecule has 3 heteroatoms. The molecule has 3 nitrogen and oxygen atoms in total. The molecule has 2 aromatic carbocycles. The van der Waals surface area contributed by atoms with Crippen LogP contribution in [0.1, 0.15) is 43.5 Å². The Balaban J connectivity index is 1.84. The number of hydrogen-bond donors (Lipinski definition) is 1. The average molecular weight is 373 g/mol. The molecule has 0 unspecified atom stereocenters. The fourth-order valence-electron chi connectivity index (χ4n) is 4.24. The molecule has 0 bridgehead atoms. The third-order valence-corrected chi connectivity index (χ3v) is 5.78.